The highest BCUT2D eigenvalue weighted by atomic mass is 35.5. The summed E-state index contributed by atoms with van der Waals surface area (Å²) in [5, 5.41) is 12.4. The van der Waals surface area contributed by atoms with Crippen molar-refractivity contribution in [3.05, 3.63) is 119 Å². The SMILES string of the molecule is CSCC[C@H](NC(=O)c1ccc(CN(Cc2ccccc2)c2cccnc2)cc1-c1ccc(F)cc1Cl)C(=O)O. The maximum atomic E-state index is 13.9. The summed E-state index contributed by atoms with van der Waals surface area (Å²) in [5.41, 5.74) is 4.14. The molecule has 0 unspecified atom stereocenters. The van der Waals surface area contributed by atoms with Crippen LogP contribution in [0.1, 0.15) is 27.9 Å². The zero-order chi connectivity index (χ0) is 28.5. The van der Waals surface area contributed by atoms with Crippen LogP contribution >= 0.6 is 23.4 Å². The maximum Gasteiger partial charge on any atom is 0.326 e. The first-order valence-electron chi connectivity index (χ1n) is 12.7. The van der Waals surface area contributed by atoms with Gasteiger partial charge in [0.15, 0.2) is 0 Å². The summed E-state index contributed by atoms with van der Waals surface area (Å²) in [7, 11) is 0. The molecule has 0 spiro atoms. The van der Waals surface area contributed by atoms with Gasteiger partial charge in [-0.3, -0.25) is 9.78 Å². The average Bonchev–Trinajstić information content (AvgIpc) is 2.95. The maximum absolute atomic E-state index is 13.9. The predicted molar refractivity (Wildman–Crippen MR) is 159 cm³/mol. The Hall–Kier alpha value is -3.88. The number of anilines is 1. The van der Waals surface area contributed by atoms with Crippen molar-refractivity contribution >= 4 is 40.9 Å². The number of aliphatic carboxylic acids is 1. The smallest absolute Gasteiger partial charge is 0.326 e. The molecule has 0 saturated heterocycles. The summed E-state index contributed by atoms with van der Waals surface area (Å²) in [4.78, 5) is 31.6. The van der Waals surface area contributed by atoms with E-state index in [2.05, 4.69) is 27.3 Å². The second-order valence-corrected chi connectivity index (χ2v) is 10.6. The molecular formula is C31H29ClFN3O3S. The number of amides is 1. The van der Waals surface area contributed by atoms with Gasteiger partial charge < -0.3 is 15.3 Å². The third-order valence-electron chi connectivity index (χ3n) is 6.36. The normalized spacial score (nSPS) is 11.6. The van der Waals surface area contributed by atoms with Crippen LogP contribution in [-0.2, 0) is 17.9 Å². The van der Waals surface area contributed by atoms with Crippen LogP contribution in [0.15, 0.2) is 91.3 Å². The van der Waals surface area contributed by atoms with Crippen LogP contribution in [0.25, 0.3) is 11.1 Å². The largest absolute Gasteiger partial charge is 0.480 e. The van der Waals surface area contributed by atoms with E-state index in [0.29, 0.717) is 30.0 Å². The molecule has 1 heterocycles. The van der Waals surface area contributed by atoms with Crippen LogP contribution < -0.4 is 10.2 Å². The van der Waals surface area contributed by atoms with Gasteiger partial charge >= 0.3 is 5.97 Å². The molecule has 0 aliphatic heterocycles. The zero-order valence-corrected chi connectivity index (χ0v) is 23.5. The number of hydrogen-bond acceptors (Lipinski definition) is 5. The lowest BCUT2D eigenvalue weighted by Gasteiger charge is -2.25. The van der Waals surface area contributed by atoms with E-state index in [1.165, 1.54) is 30.0 Å². The van der Waals surface area contributed by atoms with Gasteiger partial charge in [-0.15, -0.1) is 0 Å². The van der Waals surface area contributed by atoms with E-state index in [4.69, 9.17) is 11.6 Å². The first-order valence-corrected chi connectivity index (χ1v) is 14.4. The van der Waals surface area contributed by atoms with Crippen molar-refractivity contribution in [1.82, 2.24) is 10.3 Å². The molecule has 4 aromatic rings. The quantitative estimate of drug-likeness (QED) is 0.195. The summed E-state index contributed by atoms with van der Waals surface area (Å²) in [6.07, 6.45) is 5.67. The Labute approximate surface area is 242 Å². The molecule has 1 aromatic heterocycles. The third-order valence-corrected chi connectivity index (χ3v) is 7.32. The van der Waals surface area contributed by atoms with Crippen LogP contribution in [0.2, 0.25) is 5.02 Å². The van der Waals surface area contributed by atoms with Gasteiger partial charge in [0.2, 0.25) is 0 Å². The zero-order valence-electron chi connectivity index (χ0n) is 21.9. The van der Waals surface area contributed by atoms with Crippen molar-refractivity contribution in [3.8, 4) is 11.1 Å². The molecule has 206 valence electrons. The summed E-state index contributed by atoms with van der Waals surface area (Å²) in [5.74, 6) is -1.56. The molecule has 2 N–H and O–H groups in total. The average molecular weight is 578 g/mol. The van der Waals surface area contributed by atoms with Gasteiger partial charge in [-0.1, -0.05) is 48.0 Å². The Bertz CT molecular complexity index is 1460. The standard InChI is InChI=1S/C31H29ClFN3O3S/c1-40-15-13-29(31(38)39)35-30(37)26-11-9-22(16-27(26)25-12-10-23(33)17-28(25)32)20-36(24-8-5-14-34-18-24)19-21-6-3-2-4-7-21/h2-12,14,16-18,29H,13,15,19-20H2,1H3,(H,35,37)(H,38,39)/t29-/m0/s1. The van der Waals surface area contributed by atoms with Crippen LogP contribution in [0.5, 0.6) is 0 Å². The van der Waals surface area contributed by atoms with Crippen LogP contribution in [-0.4, -0.2) is 40.0 Å². The molecule has 9 heteroatoms. The third kappa shape index (κ3) is 7.61. The van der Waals surface area contributed by atoms with Crippen molar-refractivity contribution in [2.75, 3.05) is 16.9 Å². The topological polar surface area (TPSA) is 82.5 Å². The van der Waals surface area contributed by atoms with E-state index in [1.54, 1.807) is 18.5 Å². The van der Waals surface area contributed by atoms with Gasteiger partial charge in [-0.05, 0) is 77.6 Å². The van der Waals surface area contributed by atoms with Gasteiger partial charge in [0.1, 0.15) is 11.9 Å². The van der Waals surface area contributed by atoms with Gasteiger partial charge in [0, 0.05) is 30.4 Å². The molecule has 0 bridgehead atoms. The molecule has 0 fully saturated rings. The molecule has 0 aliphatic rings. The van der Waals surface area contributed by atoms with Crippen molar-refractivity contribution < 1.29 is 19.1 Å². The van der Waals surface area contributed by atoms with Gasteiger partial charge in [-0.2, -0.15) is 11.8 Å². The number of carbonyl (C=O) groups is 2. The summed E-state index contributed by atoms with van der Waals surface area (Å²) in [6, 6.07) is 22.2. The molecule has 0 radical (unpaired) electrons. The number of nitrogens with zero attached hydrogens (tertiary/aromatic N) is 2. The lowest BCUT2D eigenvalue weighted by molar-refractivity contribution is -0.139. The number of carbonyl (C=O) groups excluding carboxylic acids is 1. The second kappa shape index (κ2) is 14.0. The lowest BCUT2D eigenvalue weighted by atomic mass is 9.95. The Morgan fingerprint density at radius 3 is 2.45 bits per heavy atom. The van der Waals surface area contributed by atoms with Crippen molar-refractivity contribution in [2.45, 2.75) is 25.6 Å². The Kier molecular flexibility index (Phi) is 10.2. The molecule has 6 nitrogen and oxygen atoms in total. The number of pyridine rings is 1. The highest BCUT2D eigenvalue weighted by Gasteiger charge is 2.23. The van der Waals surface area contributed by atoms with E-state index in [1.807, 2.05) is 48.7 Å². The first-order chi connectivity index (χ1) is 19.4. The van der Waals surface area contributed by atoms with E-state index in [0.717, 1.165) is 16.8 Å². The molecular weight excluding hydrogens is 549 g/mol. The minimum absolute atomic E-state index is 0.150. The summed E-state index contributed by atoms with van der Waals surface area (Å²) in [6.45, 7) is 1.11. The fourth-order valence-corrected chi connectivity index (χ4v) is 5.09. The minimum atomic E-state index is -1.10. The van der Waals surface area contributed by atoms with Gasteiger partial charge in [0.25, 0.3) is 5.91 Å². The number of nitrogens with one attached hydrogen (secondary N) is 1. The Morgan fingerprint density at radius 1 is 1.00 bits per heavy atom. The molecule has 3 aromatic carbocycles. The Morgan fingerprint density at radius 2 is 1.77 bits per heavy atom. The van der Waals surface area contributed by atoms with Crippen molar-refractivity contribution in [2.24, 2.45) is 0 Å². The number of carboxylic acid groups (broad SMARTS) is 1. The Balaban J connectivity index is 1.72. The number of aromatic nitrogens is 1. The minimum Gasteiger partial charge on any atom is -0.480 e. The van der Waals surface area contributed by atoms with Gasteiger partial charge in [-0.25, -0.2) is 9.18 Å². The number of halogens is 2. The monoisotopic (exact) mass is 577 g/mol. The number of benzene rings is 3. The second-order valence-electron chi connectivity index (χ2n) is 9.20. The molecule has 1 atom stereocenters. The van der Waals surface area contributed by atoms with Crippen LogP contribution in [0, 0.1) is 5.82 Å². The van der Waals surface area contributed by atoms with E-state index >= 15 is 0 Å². The first kappa shape index (κ1) is 29.1. The molecule has 40 heavy (non-hydrogen) atoms. The number of thioether (sulfide) groups is 1. The van der Waals surface area contributed by atoms with E-state index < -0.39 is 23.7 Å². The summed E-state index contributed by atoms with van der Waals surface area (Å²) < 4.78 is 13.9. The lowest BCUT2D eigenvalue weighted by Crippen LogP contribution is -2.41. The van der Waals surface area contributed by atoms with Gasteiger partial charge in [0.05, 0.1) is 16.9 Å². The number of hydrogen-bond donors (Lipinski definition) is 2. The van der Waals surface area contributed by atoms with E-state index in [-0.39, 0.29) is 17.0 Å². The molecule has 4 rings (SSSR count). The van der Waals surface area contributed by atoms with Crippen LogP contribution in [0.4, 0.5) is 10.1 Å². The predicted octanol–water partition coefficient (Wildman–Crippen LogP) is 6.68. The fraction of sp³-hybridized carbons (Fsp3) is 0.194. The van der Waals surface area contributed by atoms with Crippen molar-refractivity contribution in [3.63, 3.8) is 0 Å². The van der Waals surface area contributed by atoms with Crippen molar-refractivity contribution in [1.29, 1.82) is 0 Å². The summed E-state index contributed by atoms with van der Waals surface area (Å²) >= 11 is 7.94. The number of rotatable bonds is 12. The highest BCUT2D eigenvalue weighted by Crippen LogP contribution is 2.33. The van der Waals surface area contributed by atoms with E-state index in [9.17, 15) is 19.1 Å². The number of carboxylic acids is 1. The molecule has 0 saturated carbocycles. The molecule has 1 amide bonds. The highest BCUT2D eigenvalue weighted by molar-refractivity contribution is 7.98. The molecule has 0 aliphatic carbocycles. The van der Waals surface area contributed by atoms with Crippen LogP contribution in [0.3, 0.4) is 0 Å². The fourth-order valence-electron chi connectivity index (χ4n) is 4.35.